The minimum atomic E-state index is 0.483. The second-order valence-electron chi connectivity index (χ2n) is 4.92. The molecule has 2 aromatic carbocycles. The molecule has 24 heavy (non-hydrogen) atoms. The summed E-state index contributed by atoms with van der Waals surface area (Å²) in [5.41, 5.74) is 3.83. The van der Waals surface area contributed by atoms with Crippen molar-refractivity contribution in [3.8, 4) is 11.3 Å². The molecule has 0 aliphatic heterocycles. The lowest BCUT2D eigenvalue weighted by Gasteiger charge is -2.11. The lowest BCUT2D eigenvalue weighted by molar-refractivity contribution is 0.926. The first kappa shape index (κ1) is 17.1. The van der Waals surface area contributed by atoms with Gasteiger partial charge in [0, 0.05) is 23.2 Å². The fraction of sp³-hybridized carbons (Fsp3) is 0.0625. The molecule has 122 valence electrons. The molecule has 2 N–H and O–H groups in total. The van der Waals surface area contributed by atoms with Crippen LogP contribution in [0.5, 0.6) is 0 Å². The van der Waals surface area contributed by atoms with E-state index in [4.69, 9.17) is 35.4 Å². The molecule has 0 saturated heterocycles. The van der Waals surface area contributed by atoms with Gasteiger partial charge in [0.15, 0.2) is 5.11 Å². The van der Waals surface area contributed by atoms with E-state index in [9.17, 15) is 0 Å². The first-order valence-electron chi connectivity index (χ1n) is 6.98. The van der Waals surface area contributed by atoms with Crippen LogP contribution in [-0.4, -0.2) is 14.7 Å². The normalized spacial score (nSPS) is 10.4. The van der Waals surface area contributed by atoms with Crippen LogP contribution in [-0.2, 0) is 6.54 Å². The number of hydrogen-bond acceptors (Lipinski definition) is 4. The number of benzene rings is 2. The number of rotatable bonds is 4. The Hall–Kier alpha value is -1.73. The average molecular weight is 395 g/mol. The van der Waals surface area contributed by atoms with Crippen LogP contribution in [0.15, 0.2) is 47.8 Å². The Labute approximate surface area is 159 Å². The monoisotopic (exact) mass is 394 g/mol. The number of aromatic nitrogens is 2. The molecule has 1 heterocycles. The van der Waals surface area contributed by atoms with Gasteiger partial charge in [0.1, 0.15) is 5.69 Å². The highest BCUT2D eigenvalue weighted by atomic mass is 35.5. The molecule has 0 atom stereocenters. The summed E-state index contributed by atoms with van der Waals surface area (Å²) >= 11 is 18.5. The van der Waals surface area contributed by atoms with Crippen LogP contribution in [0.4, 0.5) is 5.69 Å². The summed E-state index contributed by atoms with van der Waals surface area (Å²) < 4.78 is 3.87. The van der Waals surface area contributed by atoms with Gasteiger partial charge < -0.3 is 10.6 Å². The van der Waals surface area contributed by atoms with E-state index in [1.54, 1.807) is 12.1 Å². The molecule has 3 aromatic rings. The Kier molecular flexibility index (Phi) is 5.63. The van der Waals surface area contributed by atoms with Crippen molar-refractivity contribution in [1.29, 1.82) is 0 Å². The molecule has 0 amide bonds. The van der Waals surface area contributed by atoms with Crippen molar-refractivity contribution >= 4 is 57.8 Å². The van der Waals surface area contributed by atoms with Crippen molar-refractivity contribution in [2.45, 2.75) is 6.54 Å². The zero-order valence-corrected chi connectivity index (χ0v) is 15.4. The molecule has 0 bridgehead atoms. The maximum absolute atomic E-state index is 5.98. The lowest BCUT2D eigenvalue weighted by atomic mass is 10.1. The number of hydrogen-bond donors (Lipinski definition) is 2. The fourth-order valence-corrected chi connectivity index (χ4v) is 2.97. The van der Waals surface area contributed by atoms with E-state index in [0.717, 1.165) is 22.5 Å². The third kappa shape index (κ3) is 4.42. The Bertz CT molecular complexity index is 836. The zero-order valence-electron chi connectivity index (χ0n) is 12.3. The number of anilines is 1. The highest BCUT2D eigenvalue weighted by Gasteiger charge is 2.03. The molecule has 0 unspecified atom stereocenters. The number of halogens is 2. The summed E-state index contributed by atoms with van der Waals surface area (Å²) in [6.07, 6.45) is 0. The van der Waals surface area contributed by atoms with E-state index in [0.29, 0.717) is 21.7 Å². The van der Waals surface area contributed by atoms with Crippen LogP contribution in [0.1, 0.15) is 5.56 Å². The molecule has 4 nitrogen and oxygen atoms in total. The van der Waals surface area contributed by atoms with Crippen molar-refractivity contribution in [3.63, 3.8) is 0 Å². The van der Waals surface area contributed by atoms with Gasteiger partial charge in [0.25, 0.3) is 0 Å². The smallest absolute Gasteiger partial charge is 0.171 e. The predicted octanol–water partition coefficient (Wildman–Crippen LogP) is 5.00. The number of nitrogens with one attached hydrogen (secondary N) is 2. The van der Waals surface area contributed by atoms with Gasteiger partial charge in [-0.05, 0) is 47.5 Å². The van der Waals surface area contributed by atoms with Gasteiger partial charge in [-0.2, -0.15) is 0 Å². The van der Waals surface area contributed by atoms with Crippen molar-refractivity contribution in [3.05, 3.63) is 63.5 Å². The molecule has 0 radical (unpaired) electrons. The van der Waals surface area contributed by atoms with Crippen LogP contribution in [0, 0.1) is 0 Å². The Morgan fingerprint density at radius 1 is 1.08 bits per heavy atom. The molecule has 8 heteroatoms. The van der Waals surface area contributed by atoms with E-state index >= 15 is 0 Å². The topological polar surface area (TPSA) is 49.8 Å². The Morgan fingerprint density at radius 2 is 1.88 bits per heavy atom. The van der Waals surface area contributed by atoms with Crippen molar-refractivity contribution < 1.29 is 0 Å². The Balaban J connectivity index is 1.55. The third-order valence-electron chi connectivity index (χ3n) is 3.24. The molecule has 1 aromatic heterocycles. The second-order valence-corrected chi connectivity index (χ2v) is 6.76. The van der Waals surface area contributed by atoms with Crippen molar-refractivity contribution in [1.82, 2.24) is 14.9 Å². The van der Waals surface area contributed by atoms with E-state index in [-0.39, 0.29) is 0 Å². The summed E-state index contributed by atoms with van der Waals surface area (Å²) in [6, 6.07) is 13.4. The second kappa shape index (κ2) is 7.90. The quantitative estimate of drug-likeness (QED) is 0.609. The summed E-state index contributed by atoms with van der Waals surface area (Å²) in [5, 5.41) is 13.7. The van der Waals surface area contributed by atoms with Crippen LogP contribution < -0.4 is 10.6 Å². The minimum absolute atomic E-state index is 0.483. The first-order valence-corrected chi connectivity index (χ1v) is 8.98. The maximum atomic E-state index is 5.98. The highest BCUT2D eigenvalue weighted by Crippen LogP contribution is 2.25. The van der Waals surface area contributed by atoms with E-state index in [1.165, 1.54) is 11.5 Å². The summed E-state index contributed by atoms with van der Waals surface area (Å²) in [4.78, 5) is 0. The maximum Gasteiger partial charge on any atom is 0.171 e. The SMILES string of the molecule is S=C(NCc1ccc(-c2csnn2)cc1)Nc1ccc(Cl)c(Cl)c1. The van der Waals surface area contributed by atoms with E-state index in [2.05, 4.69) is 20.2 Å². The lowest BCUT2D eigenvalue weighted by Crippen LogP contribution is -2.27. The molecule has 0 saturated carbocycles. The summed E-state index contributed by atoms with van der Waals surface area (Å²) in [6.45, 7) is 0.614. The van der Waals surface area contributed by atoms with E-state index in [1.807, 2.05) is 35.7 Å². The number of nitrogens with zero attached hydrogens (tertiary/aromatic N) is 2. The molecule has 3 rings (SSSR count). The summed E-state index contributed by atoms with van der Waals surface area (Å²) in [7, 11) is 0. The highest BCUT2D eigenvalue weighted by molar-refractivity contribution is 7.80. The van der Waals surface area contributed by atoms with Gasteiger partial charge >= 0.3 is 0 Å². The Morgan fingerprint density at radius 3 is 2.54 bits per heavy atom. The van der Waals surface area contributed by atoms with Gasteiger partial charge in [-0.1, -0.05) is 52.0 Å². The molecule has 0 fully saturated rings. The van der Waals surface area contributed by atoms with E-state index < -0.39 is 0 Å². The summed E-state index contributed by atoms with van der Waals surface area (Å²) in [5.74, 6) is 0. The molecular formula is C16H12Cl2N4S2. The molecular weight excluding hydrogens is 383 g/mol. The van der Waals surface area contributed by atoms with Crippen LogP contribution in [0.2, 0.25) is 10.0 Å². The van der Waals surface area contributed by atoms with Crippen LogP contribution in [0.25, 0.3) is 11.3 Å². The fourth-order valence-electron chi connectivity index (χ4n) is 2.02. The van der Waals surface area contributed by atoms with Crippen LogP contribution in [0.3, 0.4) is 0 Å². The molecule has 0 aliphatic rings. The van der Waals surface area contributed by atoms with Gasteiger partial charge in [-0.15, -0.1) is 5.10 Å². The van der Waals surface area contributed by atoms with Gasteiger partial charge in [-0.25, -0.2) is 0 Å². The van der Waals surface area contributed by atoms with Gasteiger partial charge in [0.05, 0.1) is 10.0 Å². The number of thiocarbonyl (C=S) groups is 1. The predicted molar refractivity (Wildman–Crippen MR) is 105 cm³/mol. The van der Waals surface area contributed by atoms with Gasteiger partial charge in [-0.3, -0.25) is 0 Å². The minimum Gasteiger partial charge on any atom is -0.358 e. The molecule has 0 spiro atoms. The van der Waals surface area contributed by atoms with Gasteiger partial charge in [0.2, 0.25) is 0 Å². The zero-order chi connectivity index (χ0) is 16.9. The largest absolute Gasteiger partial charge is 0.358 e. The van der Waals surface area contributed by atoms with Crippen molar-refractivity contribution in [2.24, 2.45) is 0 Å². The molecule has 0 aliphatic carbocycles. The standard InChI is InChI=1S/C16H12Cl2N4S2/c17-13-6-5-12(7-14(13)18)20-16(23)19-8-10-1-3-11(4-2-10)15-9-24-22-21-15/h1-7,9H,8H2,(H2,19,20,23). The van der Waals surface area contributed by atoms with Crippen molar-refractivity contribution in [2.75, 3.05) is 5.32 Å². The average Bonchev–Trinajstić information content (AvgIpc) is 3.11. The van der Waals surface area contributed by atoms with Crippen LogP contribution >= 0.6 is 47.0 Å². The first-order chi connectivity index (χ1) is 11.6. The third-order valence-corrected chi connectivity index (χ3v) is 4.73.